The molecule has 4 rings (SSSR count). The average Bonchev–Trinajstić information content (AvgIpc) is 2.97. The molecule has 1 aromatic carbocycles. The number of rotatable bonds is 2. The third-order valence-corrected chi connectivity index (χ3v) is 4.82. The molecule has 24 heavy (non-hydrogen) atoms. The summed E-state index contributed by atoms with van der Waals surface area (Å²) in [6.45, 7) is 7.92. The third kappa shape index (κ3) is 2.69. The molecule has 3 heterocycles. The Morgan fingerprint density at radius 2 is 1.75 bits per heavy atom. The first-order chi connectivity index (χ1) is 11.6. The number of anilines is 2. The van der Waals surface area contributed by atoms with Gasteiger partial charge in [0.15, 0.2) is 5.82 Å². The van der Waals surface area contributed by atoms with E-state index in [1.807, 2.05) is 29.9 Å². The van der Waals surface area contributed by atoms with E-state index in [-0.39, 0.29) is 0 Å². The Bertz CT molecular complexity index is 880. The zero-order valence-corrected chi connectivity index (χ0v) is 14.7. The number of halogens is 1. The van der Waals surface area contributed by atoms with Gasteiger partial charge in [-0.1, -0.05) is 17.7 Å². The molecule has 5 nitrogen and oxygen atoms in total. The van der Waals surface area contributed by atoms with Crippen molar-refractivity contribution in [2.75, 3.05) is 36.0 Å². The second kappa shape index (κ2) is 5.98. The van der Waals surface area contributed by atoms with Crippen LogP contribution in [0.3, 0.4) is 0 Å². The standard InChI is InChI=1S/C18H20ClN5/c1-13-3-4-15(19)12-16(13)22-7-9-23(10-8-22)18-17-11-14(2)21-24(17)6-5-20-18/h3-6,11-12H,7-10H2,1-2H3. The number of aromatic nitrogens is 3. The minimum absolute atomic E-state index is 0.791. The van der Waals surface area contributed by atoms with Crippen LogP contribution < -0.4 is 9.80 Å². The van der Waals surface area contributed by atoms with Crippen LogP contribution in [-0.4, -0.2) is 40.8 Å². The molecular weight excluding hydrogens is 322 g/mol. The van der Waals surface area contributed by atoms with Crippen LogP contribution in [0.5, 0.6) is 0 Å². The van der Waals surface area contributed by atoms with E-state index in [0.717, 1.165) is 48.2 Å². The van der Waals surface area contributed by atoms with Gasteiger partial charge in [0.05, 0.1) is 5.69 Å². The molecule has 0 amide bonds. The fourth-order valence-corrected chi connectivity index (χ4v) is 3.52. The van der Waals surface area contributed by atoms with E-state index >= 15 is 0 Å². The van der Waals surface area contributed by atoms with Gasteiger partial charge in [0.2, 0.25) is 0 Å². The molecule has 0 atom stereocenters. The van der Waals surface area contributed by atoms with Gasteiger partial charge in [0.1, 0.15) is 5.52 Å². The fourth-order valence-electron chi connectivity index (χ4n) is 3.36. The van der Waals surface area contributed by atoms with E-state index in [1.54, 1.807) is 0 Å². The second-order valence-electron chi connectivity index (χ2n) is 6.27. The van der Waals surface area contributed by atoms with Gasteiger partial charge in [-0.15, -0.1) is 0 Å². The summed E-state index contributed by atoms with van der Waals surface area (Å²) >= 11 is 6.17. The van der Waals surface area contributed by atoms with Crippen molar-refractivity contribution < 1.29 is 0 Å². The molecule has 0 bridgehead atoms. The quantitative estimate of drug-likeness (QED) is 0.716. The number of hydrogen-bond acceptors (Lipinski definition) is 4. The first-order valence-electron chi connectivity index (χ1n) is 8.19. The van der Waals surface area contributed by atoms with Crippen molar-refractivity contribution in [3.05, 3.63) is 52.9 Å². The Balaban J connectivity index is 1.56. The Morgan fingerprint density at radius 3 is 2.54 bits per heavy atom. The van der Waals surface area contributed by atoms with Gasteiger partial charge in [-0.25, -0.2) is 9.50 Å². The molecule has 1 aliphatic rings. The molecule has 2 aromatic heterocycles. The first-order valence-corrected chi connectivity index (χ1v) is 8.57. The molecule has 1 fully saturated rings. The number of aryl methyl sites for hydroxylation is 2. The lowest BCUT2D eigenvalue weighted by Gasteiger charge is -2.37. The van der Waals surface area contributed by atoms with Crippen LogP contribution in [0.25, 0.3) is 5.52 Å². The number of piperazine rings is 1. The highest BCUT2D eigenvalue weighted by Gasteiger charge is 2.21. The monoisotopic (exact) mass is 341 g/mol. The van der Waals surface area contributed by atoms with Crippen molar-refractivity contribution in [3.8, 4) is 0 Å². The summed E-state index contributed by atoms with van der Waals surface area (Å²) in [6, 6.07) is 8.19. The maximum absolute atomic E-state index is 6.17. The van der Waals surface area contributed by atoms with E-state index in [1.165, 1.54) is 11.3 Å². The highest BCUT2D eigenvalue weighted by Crippen LogP contribution is 2.27. The zero-order chi connectivity index (χ0) is 16.7. The average molecular weight is 342 g/mol. The van der Waals surface area contributed by atoms with E-state index < -0.39 is 0 Å². The maximum atomic E-state index is 6.17. The van der Waals surface area contributed by atoms with E-state index in [9.17, 15) is 0 Å². The first kappa shape index (κ1) is 15.3. The highest BCUT2D eigenvalue weighted by atomic mass is 35.5. The van der Waals surface area contributed by atoms with Crippen LogP contribution in [0.4, 0.5) is 11.5 Å². The molecule has 0 radical (unpaired) electrons. The van der Waals surface area contributed by atoms with E-state index in [2.05, 4.69) is 45.0 Å². The Morgan fingerprint density at radius 1 is 1.00 bits per heavy atom. The molecule has 0 spiro atoms. The summed E-state index contributed by atoms with van der Waals surface area (Å²) in [6.07, 6.45) is 3.72. The number of benzene rings is 1. The Kier molecular flexibility index (Phi) is 3.81. The topological polar surface area (TPSA) is 36.7 Å². The van der Waals surface area contributed by atoms with Crippen LogP contribution in [0.2, 0.25) is 5.02 Å². The van der Waals surface area contributed by atoms with E-state index in [4.69, 9.17) is 11.6 Å². The van der Waals surface area contributed by atoms with Crippen molar-refractivity contribution in [3.63, 3.8) is 0 Å². The molecule has 0 N–H and O–H groups in total. The molecule has 1 aliphatic heterocycles. The van der Waals surface area contributed by atoms with E-state index in [0.29, 0.717) is 0 Å². The molecule has 0 aliphatic carbocycles. The molecule has 3 aromatic rings. The van der Waals surface area contributed by atoms with Gasteiger partial charge < -0.3 is 9.80 Å². The summed E-state index contributed by atoms with van der Waals surface area (Å²) in [7, 11) is 0. The number of fused-ring (bicyclic) bond motifs is 1. The van der Waals surface area contributed by atoms with Crippen molar-refractivity contribution in [1.82, 2.24) is 14.6 Å². The summed E-state index contributed by atoms with van der Waals surface area (Å²) < 4.78 is 1.91. The largest absolute Gasteiger partial charge is 0.368 e. The van der Waals surface area contributed by atoms with Gasteiger partial charge in [-0.05, 0) is 37.6 Å². The predicted octanol–water partition coefficient (Wildman–Crippen LogP) is 3.33. The highest BCUT2D eigenvalue weighted by molar-refractivity contribution is 6.30. The number of hydrogen-bond donors (Lipinski definition) is 0. The van der Waals surface area contributed by atoms with Crippen molar-refractivity contribution in [2.24, 2.45) is 0 Å². The Labute approximate surface area is 146 Å². The minimum atomic E-state index is 0.791. The zero-order valence-electron chi connectivity index (χ0n) is 13.9. The normalized spacial score (nSPS) is 15.3. The molecule has 6 heteroatoms. The van der Waals surface area contributed by atoms with Gasteiger partial charge >= 0.3 is 0 Å². The second-order valence-corrected chi connectivity index (χ2v) is 6.71. The smallest absolute Gasteiger partial charge is 0.154 e. The van der Waals surface area contributed by atoms with Gasteiger partial charge in [0.25, 0.3) is 0 Å². The van der Waals surface area contributed by atoms with Crippen LogP contribution >= 0.6 is 11.6 Å². The van der Waals surface area contributed by atoms with Crippen LogP contribution in [0.15, 0.2) is 36.7 Å². The molecule has 124 valence electrons. The van der Waals surface area contributed by atoms with Gasteiger partial charge in [0, 0.05) is 49.3 Å². The molecular formula is C18H20ClN5. The van der Waals surface area contributed by atoms with Crippen LogP contribution in [-0.2, 0) is 0 Å². The molecule has 0 saturated carbocycles. The van der Waals surface area contributed by atoms with Crippen molar-refractivity contribution in [1.29, 1.82) is 0 Å². The number of nitrogens with zero attached hydrogens (tertiary/aromatic N) is 5. The summed E-state index contributed by atoms with van der Waals surface area (Å²) in [5.41, 5.74) is 4.58. The third-order valence-electron chi connectivity index (χ3n) is 4.58. The lowest BCUT2D eigenvalue weighted by Crippen LogP contribution is -2.47. The lowest BCUT2D eigenvalue weighted by molar-refractivity contribution is 0.646. The van der Waals surface area contributed by atoms with Crippen LogP contribution in [0, 0.1) is 13.8 Å². The maximum Gasteiger partial charge on any atom is 0.154 e. The predicted molar refractivity (Wildman–Crippen MR) is 98.3 cm³/mol. The minimum Gasteiger partial charge on any atom is -0.368 e. The van der Waals surface area contributed by atoms with Crippen LogP contribution in [0.1, 0.15) is 11.3 Å². The SMILES string of the molecule is Cc1cc2c(N3CCN(c4cc(Cl)ccc4C)CC3)nccn2n1. The van der Waals surface area contributed by atoms with Gasteiger partial charge in [-0.3, -0.25) is 0 Å². The fraction of sp³-hybridized carbons (Fsp3) is 0.333. The van der Waals surface area contributed by atoms with Crippen molar-refractivity contribution in [2.45, 2.75) is 13.8 Å². The molecule has 0 unspecified atom stereocenters. The molecule has 1 saturated heterocycles. The van der Waals surface area contributed by atoms with Crippen molar-refractivity contribution >= 4 is 28.6 Å². The van der Waals surface area contributed by atoms with Gasteiger partial charge in [-0.2, -0.15) is 5.10 Å². The summed E-state index contributed by atoms with van der Waals surface area (Å²) in [5.74, 6) is 1.01. The summed E-state index contributed by atoms with van der Waals surface area (Å²) in [5, 5.41) is 5.27. The lowest BCUT2D eigenvalue weighted by atomic mass is 10.1. The Hall–Kier alpha value is -2.27. The summed E-state index contributed by atoms with van der Waals surface area (Å²) in [4.78, 5) is 9.34.